The average molecular weight is 535 g/mol. The Hall–Kier alpha value is -3.24. The zero-order valence-electron chi connectivity index (χ0n) is 20.5. The highest BCUT2D eigenvalue weighted by molar-refractivity contribution is 8.00. The second kappa shape index (κ2) is 11.0. The Balaban J connectivity index is 1.38. The molecule has 1 aromatic heterocycles. The van der Waals surface area contributed by atoms with E-state index in [-0.39, 0.29) is 23.6 Å². The summed E-state index contributed by atoms with van der Waals surface area (Å²) in [5.74, 6) is -0.457. The largest absolute Gasteiger partial charge is 0.377 e. The van der Waals surface area contributed by atoms with Crippen LogP contribution in [0, 0.1) is 5.82 Å². The number of nitrogens with zero attached hydrogens (tertiary/aromatic N) is 2. The number of amides is 1. The molecule has 0 bridgehead atoms. The highest BCUT2D eigenvalue weighted by Crippen LogP contribution is 2.41. The van der Waals surface area contributed by atoms with E-state index in [4.69, 9.17) is 15.5 Å². The van der Waals surface area contributed by atoms with Gasteiger partial charge in [0.2, 0.25) is 5.91 Å². The zero-order valence-corrected chi connectivity index (χ0v) is 22.2. The first-order valence-electron chi connectivity index (χ1n) is 11.9. The quantitative estimate of drug-likeness (QED) is 0.284. The minimum absolute atomic E-state index is 0.120. The number of fused-ring (bicyclic) bond motifs is 1. The number of nitrogens with two attached hydrogens (primary N) is 1. The van der Waals surface area contributed by atoms with Crippen molar-refractivity contribution in [2.24, 2.45) is 5.73 Å². The van der Waals surface area contributed by atoms with Crippen LogP contribution in [0.15, 0.2) is 71.6 Å². The van der Waals surface area contributed by atoms with Gasteiger partial charge in [0.05, 0.1) is 29.3 Å². The molecule has 5 rings (SSSR count). The van der Waals surface area contributed by atoms with Crippen LogP contribution in [-0.2, 0) is 22.6 Å². The van der Waals surface area contributed by atoms with Gasteiger partial charge >= 0.3 is 0 Å². The Bertz CT molecular complexity index is 1410. The fraction of sp³-hybridized carbons (Fsp3) is 0.214. The van der Waals surface area contributed by atoms with Crippen LogP contribution in [0.25, 0.3) is 21.7 Å². The van der Waals surface area contributed by atoms with E-state index in [9.17, 15) is 9.18 Å². The molecule has 0 spiro atoms. The molecule has 0 saturated heterocycles. The summed E-state index contributed by atoms with van der Waals surface area (Å²) in [5.41, 5.74) is 11.5. The summed E-state index contributed by atoms with van der Waals surface area (Å²) in [4.78, 5) is 21.7. The van der Waals surface area contributed by atoms with E-state index in [1.165, 1.54) is 23.5 Å². The number of thioether (sulfide) groups is 1. The summed E-state index contributed by atoms with van der Waals surface area (Å²) >= 11 is 2.95. The summed E-state index contributed by atoms with van der Waals surface area (Å²) in [6.07, 6.45) is 0.222. The van der Waals surface area contributed by atoms with Crippen LogP contribution in [0.4, 0.5) is 15.2 Å². The number of ether oxygens (including phenoxy) is 1. The fourth-order valence-electron chi connectivity index (χ4n) is 4.09. The van der Waals surface area contributed by atoms with Gasteiger partial charge in [-0.25, -0.2) is 9.37 Å². The highest BCUT2D eigenvalue weighted by Gasteiger charge is 2.24. The van der Waals surface area contributed by atoms with Crippen molar-refractivity contribution in [3.8, 4) is 21.7 Å². The van der Waals surface area contributed by atoms with Gasteiger partial charge in [-0.3, -0.25) is 4.79 Å². The third-order valence-electron chi connectivity index (χ3n) is 6.08. The smallest absolute Gasteiger partial charge is 0.230 e. The van der Waals surface area contributed by atoms with Crippen LogP contribution in [0.1, 0.15) is 18.1 Å². The van der Waals surface area contributed by atoms with Gasteiger partial charge in [-0.2, -0.15) is 0 Å². The lowest BCUT2D eigenvalue weighted by Crippen LogP contribution is -2.32. The van der Waals surface area contributed by atoms with Gasteiger partial charge in [0.15, 0.2) is 5.13 Å². The Kier molecular flexibility index (Phi) is 7.57. The molecular weight excluding hydrogens is 507 g/mol. The van der Waals surface area contributed by atoms with Crippen LogP contribution >= 0.6 is 23.1 Å². The number of carbonyl (C=O) groups excluding carboxylic acids is 1. The maximum absolute atomic E-state index is 13.6. The summed E-state index contributed by atoms with van der Waals surface area (Å²) < 4.78 is 19.1. The molecule has 6 nitrogen and oxygen atoms in total. The van der Waals surface area contributed by atoms with Crippen molar-refractivity contribution in [2.45, 2.75) is 30.3 Å². The zero-order chi connectivity index (χ0) is 25.9. The van der Waals surface area contributed by atoms with E-state index in [0.717, 1.165) is 43.4 Å². The van der Waals surface area contributed by atoms with Crippen LogP contribution in [-0.4, -0.2) is 30.0 Å². The number of halogens is 1. The number of anilines is 2. The van der Waals surface area contributed by atoms with Crippen molar-refractivity contribution in [1.82, 2.24) is 4.98 Å². The minimum atomic E-state index is -0.303. The summed E-state index contributed by atoms with van der Waals surface area (Å²) in [6.45, 7) is 3.16. The molecule has 1 aliphatic rings. The Morgan fingerprint density at radius 1 is 1.08 bits per heavy atom. The predicted molar refractivity (Wildman–Crippen MR) is 149 cm³/mol. The number of carbonyl (C=O) groups is 1. The van der Waals surface area contributed by atoms with Gasteiger partial charge in [0.25, 0.3) is 0 Å². The number of hydrogen-bond donors (Lipinski definition) is 2. The molecule has 190 valence electrons. The van der Waals surface area contributed by atoms with Gasteiger partial charge in [-0.15, -0.1) is 0 Å². The van der Waals surface area contributed by atoms with Crippen molar-refractivity contribution in [1.29, 1.82) is 0 Å². The van der Waals surface area contributed by atoms with Crippen molar-refractivity contribution in [3.63, 3.8) is 0 Å². The maximum atomic E-state index is 13.6. The van der Waals surface area contributed by atoms with E-state index < -0.39 is 0 Å². The molecular formula is C28H27FN4O2S2. The van der Waals surface area contributed by atoms with E-state index in [1.54, 1.807) is 23.9 Å². The third kappa shape index (κ3) is 5.70. The van der Waals surface area contributed by atoms with Crippen molar-refractivity contribution in [3.05, 3.63) is 83.7 Å². The van der Waals surface area contributed by atoms with Crippen molar-refractivity contribution < 1.29 is 13.9 Å². The van der Waals surface area contributed by atoms with Gasteiger partial charge in [-0.05, 0) is 47.9 Å². The number of nitrogens with one attached hydrogen (secondary N) is 1. The topological polar surface area (TPSA) is 80.5 Å². The molecule has 3 N–H and O–H groups in total. The number of aromatic nitrogens is 1. The van der Waals surface area contributed by atoms with E-state index in [1.807, 2.05) is 61.3 Å². The van der Waals surface area contributed by atoms with E-state index in [2.05, 4.69) is 5.32 Å². The Labute approximate surface area is 223 Å². The summed E-state index contributed by atoms with van der Waals surface area (Å²) in [6, 6.07) is 20.3. The molecule has 0 aliphatic carbocycles. The summed E-state index contributed by atoms with van der Waals surface area (Å²) in [7, 11) is 1.96. The van der Waals surface area contributed by atoms with Crippen LogP contribution in [0.2, 0.25) is 0 Å². The monoisotopic (exact) mass is 534 g/mol. The fourth-order valence-corrected chi connectivity index (χ4v) is 6.19. The van der Waals surface area contributed by atoms with E-state index in [0.29, 0.717) is 18.3 Å². The Morgan fingerprint density at radius 3 is 2.51 bits per heavy atom. The van der Waals surface area contributed by atoms with Crippen LogP contribution < -0.4 is 16.0 Å². The maximum Gasteiger partial charge on any atom is 0.230 e. The molecule has 2 heterocycles. The van der Waals surface area contributed by atoms with E-state index >= 15 is 0 Å². The molecule has 1 unspecified atom stereocenters. The lowest BCUT2D eigenvalue weighted by atomic mass is 10.1. The molecule has 1 atom stereocenters. The van der Waals surface area contributed by atoms with Gasteiger partial charge in [-0.1, -0.05) is 65.6 Å². The first-order chi connectivity index (χ1) is 17.9. The molecule has 3 aromatic carbocycles. The first kappa shape index (κ1) is 25.4. The molecule has 1 amide bonds. The van der Waals surface area contributed by atoms with Gasteiger partial charge < -0.3 is 20.7 Å². The molecule has 1 aliphatic heterocycles. The lowest BCUT2D eigenvalue weighted by Gasteiger charge is -2.16. The highest BCUT2D eigenvalue weighted by atomic mass is 32.2. The second-order valence-corrected chi connectivity index (χ2v) is 10.8. The molecule has 0 radical (unpaired) electrons. The molecule has 4 aromatic rings. The number of benzene rings is 3. The normalized spacial score (nSPS) is 14.6. The summed E-state index contributed by atoms with van der Waals surface area (Å²) in [5, 5.41) is 3.45. The predicted octanol–water partition coefficient (Wildman–Crippen LogP) is 6.12. The van der Waals surface area contributed by atoms with Gasteiger partial charge in [0, 0.05) is 24.1 Å². The molecule has 0 saturated carbocycles. The first-order valence-corrected chi connectivity index (χ1v) is 13.6. The lowest BCUT2D eigenvalue weighted by molar-refractivity contribution is -0.115. The Morgan fingerprint density at radius 2 is 1.78 bits per heavy atom. The SMILES string of the molecule is CCOCc1ccc(-c2nc(NC(=O)Cc3ccc4c(c3)SC(N)N4C)sc2-c2ccc(F)cc2)cc1. The van der Waals surface area contributed by atoms with Crippen LogP contribution in [0.3, 0.4) is 0 Å². The average Bonchev–Trinajstić information content (AvgIpc) is 3.43. The van der Waals surface area contributed by atoms with Crippen molar-refractivity contribution in [2.75, 3.05) is 23.9 Å². The van der Waals surface area contributed by atoms with Gasteiger partial charge in [0.1, 0.15) is 11.3 Å². The third-order valence-corrected chi connectivity index (χ3v) is 8.24. The number of rotatable bonds is 8. The van der Waals surface area contributed by atoms with Crippen molar-refractivity contribution >= 4 is 39.8 Å². The molecule has 9 heteroatoms. The number of thiazole rings is 1. The molecule has 0 fully saturated rings. The standard InChI is InChI=1S/C28H27FN4O2S2/c1-3-35-16-17-4-7-19(8-5-17)25-26(20-9-11-21(29)12-10-20)37-28(32-25)31-24(34)15-18-6-13-22-23(14-18)36-27(30)33(22)2/h4-14,27H,3,15-16,30H2,1-2H3,(H,31,32,34). The second-order valence-electron chi connectivity index (χ2n) is 8.68. The minimum Gasteiger partial charge on any atom is -0.377 e. The van der Waals surface area contributed by atoms with Crippen LogP contribution in [0.5, 0.6) is 0 Å². The number of hydrogen-bond acceptors (Lipinski definition) is 7. The molecule has 37 heavy (non-hydrogen) atoms.